The van der Waals surface area contributed by atoms with Gasteiger partial charge in [0.15, 0.2) is 0 Å². The van der Waals surface area contributed by atoms with E-state index in [1.54, 1.807) is 18.4 Å². The summed E-state index contributed by atoms with van der Waals surface area (Å²) < 4.78 is 5.38. The molecule has 4 nitrogen and oxygen atoms in total. The Bertz CT molecular complexity index is 543. The fourth-order valence-electron chi connectivity index (χ4n) is 2.04. The van der Waals surface area contributed by atoms with E-state index in [1.165, 1.54) is 0 Å². The molecule has 19 heavy (non-hydrogen) atoms. The highest BCUT2D eigenvalue weighted by atomic mass is 32.1. The second-order valence-electron chi connectivity index (χ2n) is 4.48. The maximum absolute atomic E-state index is 5.38. The van der Waals surface area contributed by atoms with Gasteiger partial charge in [-0.25, -0.2) is 0 Å². The molecule has 0 atom stereocenters. The highest BCUT2D eigenvalue weighted by Gasteiger charge is 2.10. The Morgan fingerprint density at radius 3 is 2.47 bits per heavy atom. The maximum atomic E-state index is 5.38. The van der Waals surface area contributed by atoms with Crippen LogP contribution in [0.25, 0.3) is 10.6 Å². The molecule has 1 aromatic heterocycles. The zero-order chi connectivity index (χ0) is 13.8. The first-order valence-electron chi connectivity index (χ1n) is 6.38. The Kier molecular flexibility index (Phi) is 4.37. The lowest BCUT2D eigenvalue weighted by Crippen LogP contribution is -1.98. The van der Waals surface area contributed by atoms with E-state index in [2.05, 4.69) is 34.6 Å². The summed E-state index contributed by atoms with van der Waals surface area (Å²) in [4.78, 5) is 0. The average Bonchev–Trinajstić information content (AvgIpc) is 2.84. The van der Waals surface area contributed by atoms with Crippen LogP contribution in [-0.4, -0.2) is 23.9 Å². The van der Waals surface area contributed by atoms with Gasteiger partial charge in [0.2, 0.25) is 5.13 Å². The molecule has 0 aliphatic heterocycles. The zero-order valence-corrected chi connectivity index (χ0v) is 12.6. The Morgan fingerprint density at radius 1 is 1.21 bits per heavy atom. The summed E-state index contributed by atoms with van der Waals surface area (Å²) in [6, 6.07) is 4.19. The van der Waals surface area contributed by atoms with Gasteiger partial charge in [0.1, 0.15) is 10.8 Å². The highest BCUT2D eigenvalue weighted by molar-refractivity contribution is 7.18. The molecule has 102 valence electrons. The minimum absolute atomic E-state index is 0.878. The molecule has 0 aliphatic rings. The minimum Gasteiger partial charge on any atom is -0.496 e. The third kappa shape index (κ3) is 3.04. The minimum atomic E-state index is 0.878. The van der Waals surface area contributed by atoms with Crippen molar-refractivity contribution < 1.29 is 4.74 Å². The molecular formula is C14H19N3OS. The molecule has 1 aromatic carbocycles. The van der Waals surface area contributed by atoms with Crippen molar-refractivity contribution in [3.8, 4) is 16.3 Å². The van der Waals surface area contributed by atoms with Crippen molar-refractivity contribution in [3.05, 3.63) is 23.3 Å². The summed E-state index contributed by atoms with van der Waals surface area (Å²) in [6.07, 6.45) is 1.08. The highest BCUT2D eigenvalue weighted by Crippen LogP contribution is 2.32. The molecule has 0 saturated carbocycles. The lowest BCUT2D eigenvalue weighted by Gasteiger charge is -2.09. The van der Waals surface area contributed by atoms with Crippen LogP contribution in [0.2, 0.25) is 0 Å². The van der Waals surface area contributed by atoms with Crippen molar-refractivity contribution in [2.75, 3.05) is 19.0 Å². The number of hydrogen-bond acceptors (Lipinski definition) is 5. The van der Waals surface area contributed by atoms with E-state index in [0.717, 1.165) is 45.5 Å². The monoisotopic (exact) mass is 277 g/mol. The van der Waals surface area contributed by atoms with Crippen molar-refractivity contribution in [3.63, 3.8) is 0 Å². The molecule has 0 radical (unpaired) electrons. The quantitative estimate of drug-likeness (QED) is 0.906. The normalized spacial score (nSPS) is 10.5. The number of benzene rings is 1. The average molecular weight is 277 g/mol. The summed E-state index contributed by atoms with van der Waals surface area (Å²) in [6.45, 7) is 7.15. The Balaban J connectivity index is 2.29. The van der Waals surface area contributed by atoms with Crippen LogP contribution in [0, 0.1) is 13.8 Å². The summed E-state index contributed by atoms with van der Waals surface area (Å²) in [5.74, 6) is 0.942. The van der Waals surface area contributed by atoms with E-state index in [4.69, 9.17) is 4.74 Å². The lowest BCUT2D eigenvalue weighted by molar-refractivity contribution is 0.408. The molecule has 0 aliphatic carbocycles. The summed E-state index contributed by atoms with van der Waals surface area (Å²) in [5.41, 5.74) is 3.34. The van der Waals surface area contributed by atoms with E-state index in [1.807, 2.05) is 13.8 Å². The van der Waals surface area contributed by atoms with E-state index >= 15 is 0 Å². The number of nitrogens with one attached hydrogen (secondary N) is 1. The molecular weight excluding hydrogens is 258 g/mol. The third-order valence-corrected chi connectivity index (χ3v) is 3.79. The van der Waals surface area contributed by atoms with Gasteiger partial charge in [-0.05, 0) is 43.5 Å². The van der Waals surface area contributed by atoms with Crippen molar-refractivity contribution in [2.24, 2.45) is 0 Å². The number of aromatic nitrogens is 2. The number of aryl methyl sites for hydroxylation is 2. The molecule has 5 heteroatoms. The standard InChI is InChI=1S/C14H19N3OS/c1-5-6-15-14-17-16-13(19-14)11-7-9(2)12(18-4)10(3)8-11/h7-8H,5-6H2,1-4H3,(H,15,17). The van der Waals surface area contributed by atoms with Gasteiger partial charge in [-0.15, -0.1) is 10.2 Å². The second-order valence-corrected chi connectivity index (χ2v) is 5.46. The summed E-state index contributed by atoms with van der Waals surface area (Å²) in [7, 11) is 1.70. The van der Waals surface area contributed by atoms with Crippen molar-refractivity contribution >= 4 is 16.5 Å². The van der Waals surface area contributed by atoms with Crippen LogP contribution in [0.1, 0.15) is 24.5 Å². The SMILES string of the molecule is CCCNc1nnc(-c2cc(C)c(OC)c(C)c2)s1. The van der Waals surface area contributed by atoms with Crippen LogP contribution in [0.5, 0.6) is 5.75 Å². The van der Waals surface area contributed by atoms with Crippen LogP contribution < -0.4 is 10.1 Å². The smallest absolute Gasteiger partial charge is 0.206 e. The first-order chi connectivity index (χ1) is 9.15. The van der Waals surface area contributed by atoms with Crippen molar-refractivity contribution in [2.45, 2.75) is 27.2 Å². The van der Waals surface area contributed by atoms with Crippen LogP contribution >= 0.6 is 11.3 Å². The van der Waals surface area contributed by atoms with E-state index in [0.29, 0.717) is 0 Å². The number of ether oxygens (including phenoxy) is 1. The van der Waals surface area contributed by atoms with Gasteiger partial charge >= 0.3 is 0 Å². The Labute approximate surface area is 117 Å². The van der Waals surface area contributed by atoms with E-state index in [9.17, 15) is 0 Å². The van der Waals surface area contributed by atoms with Gasteiger partial charge in [-0.2, -0.15) is 0 Å². The first kappa shape index (κ1) is 13.8. The Morgan fingerprint density at radius 2 is 1.89 bits per heavy atom. The number of methoxy groups -OCH3 is 1. The fourth-order valence-corrected chi connectivity index (χ4v) is 2.80. The van der Waals surface area contributed by atoms with Crippen LogP contribution in [0.3, 0.4) is 0 Å². The van der Waals surface area contributed by atoms with Gasteiger partial charge in [-0.3, -0.25) is 0 Å². The maximum Gasteiger partial charge on any atom is 0.206 e. The zero-order valence-electron chi connectivity index (χ0n) is 11.8. The van der Waals surface area contributed by atoms with Gasteiger partial charge < -0.3 is 10.1 Å². The molecule has 0 fully saturated rings. The van der Waals surface area contributed by atoms with Gasteiger partial charge in [0.25, 0.3) is 0 Å². The second kappa shape index (κ2) is 6.02. The summed E-state index contributed by atoms with van der Waals surface area (Å²) in [5, 5.41) is 13.5. The summed E-state index contributed by atoms with van der Waals surface area (Å²) >= 11 is 1.58. The number of anilines is 1. The van der Waals surface area contributed by atoms with E-state index < -0.39 is 0 Å². The fraction of sp³-hybridized carbons (Fsp3) is 0.429. The molecule has 2 rings (SSSR count). The molecule has 0 amide bonds. The molecule has 2 aromatic rings. The van der Waals surface area contributed by atoms with Gasteiger partial charge in [0.05, 0.1) is 7.11 Å². The third-order valence-electron chi connectivity index (χ3n) is 2.86. The van der Waals surface area contributed by atoms with Gasteiger partial charge in [-0.1, -0.05) is 18.3 Å². The largest absolute Gasteiger partial charge is 0.496 e. The molecule has 0 spiro atoms. The van der Waals surface area contributed by atoms with Crippen molar-refractivity contribution in [1.29, 1.82) is 0 Å². The molecule has 1 N–H and O–H groups in total. The van der Waals surface area contributed by atoms with E-state index in [-0.39, 0.29) is 0 Å². The number of nitrogens with zero attached hydrogens (tertiary/aromatic N) is 2. The lowest BCUT2D eigenvalue weighted by atomic mass is 10.1. The topological polar surface area (TPSA) is 47.0 Å². The van der Waals surface area contributed by atoms with Crippen molar-refractivity contribution in [1.82, 2.24) is 10.2 Å². The molecule has 0 bridgehead atoms. The predicted octanol–water partition coefficient (Wildman–Crippen LogP) is 3.65. The molecule has 0 saturated heterocycles. The number of rotatable bonds is 5. The molecule has 0 unspecified atom stereocenters. The molecule has 1 heterocycles. The number of hydrogen-bond donors (Lipinski definition) is 1. The van der Waals surface area contributed by atoms with Crippen LogP contribution in [-0.2, 0) is 0 Å². The van der Waals surface area contributed by atoms with Crippen LogP contribution in [0.4, 0.5) is 5.13 Å². The Hall–Kier alpha value is -1.62. The predicted molar refractivity (Wildman–Crippen MR) is 80.2 cm³/mol. The first-order valence-corrected chi connectivity index (χ1v) is 7.20. The van der Waals surface area contributed by atoms with Crippen LogP contribution in [0.15, 0.2) is 12.1 Å². The van der Waals surface area contributed by atoms with Gasteiger partial charge in [0, 0.05) is 12.1 Å².